The summed E-state index contributed by atoms with van der Waals surface area (Å²) in [6.07, 6.45) is 0. The highest BCUT2D eigenvalue weighted by molar-refractivity contribution is 7.89. The van der Waals surface area contributed by atoms with Crippen molar-refractivity contribution in [3.05, 3.63) is 63.6 Å². The predicted octanol–water partition coefficient (Wildman–Crippen LogP) is 2.23. The second-order valence-corrected chi connectivity index (χ2v) is 7.58. The van der Waals surface area contributed by atoms with Gasteiger partial charge in [-0.1, -0.05) is 23.8 Å². The van der Waals surface area contributed by atoms with Gasteiger partial charge in [-0.2, -0.15) is 0 Å². The van der Waals surface area contributed by atoms with Crippen molar-refractivity contribution in [2.45, 2.75) is 25.3 Å². The lowest BCUT2D eigenvalue weighted by molar-refractivity contribution is 0.527. The van der Waals surface area contributed by atoms with Crippen molar-refractivity contribution in [3.63, 3.8) is 0 Å². The number of hydrogen-bond acceptors (Lipinski definition) is 4. The average molecular weight is 346 g/mol. The zero-order valence-corrected chi connectivity index (χ0v) is 14.5. The van der Waals surface area contributed by atoms with Crippen LogP contribution in [0.15, 0.2) is 50.5 Å². The Kier molecular flexibility index (Phi) is 4.06. The number of fused-ring (bicyclic) bond motifs is 1. The molecule has 0 unspecified atom stereocenters. The highest BCUT2D eigenvalue weighted by Gasteiger charge is 2.17. The van der Waals surface area contributed by atoms with Crippen LogP contribution in [0.25, 0.3) is 11.1 Å². The maximum absolute atomic E-state index is 12.5. The van der Waals surface area contributed by atoms with Gasteiger partial charge in [0.2, 0.25) is 10.0 Å². The molecule has 3 rings (SSSR count). The number of aryl methyl sites for hydroxylation is 3. The van der Waals surface area contributed by atoms with E-state index in [2.05, 4.69) is 4.72 Å². The van der Waals surface area contributed by atoms with E-state index >= 15 is 0 Å². The van der Waals surface area contributed by atoms with Crippen LogP contribution < -0.4 is 10.5 Å². The molecule has 0 spiro atoms. The van der Waals surface area contributed by atoms with Gasteiger partial charge in [-0.3, -0.25) is 4.57 Å². The van der Waals surface area contributed by atoms with Crippen molar-refractivity contribution in [3.8, 4) is 0 Å². The van der Waals surface area contributed by atoms with Gasteiger partial charge in [0, 0.05) is 19.7 Å². The van der Waals surface area contributed by atoms with Crippen LogP contribution in [0, 0.1) is 13.8 Å². The molecule has 2 aromatic carbocycles. The Balaban J connectivity index is 1.90. The minimum Gasteiger partial charge on any atom is -0.408 e. The molecule has 0 aliphatic carbocycles. The molecule has 0 atom stereocenters. The summed E-state index contributed by atoms with van der Waals surface area (Å²) in [5.74, 6) is -0.525. The summed E-state index contributed by atoms with van der Waals surface area (Å²) in [7, 11) is -2.13. The number of nitrogens with zero attached hydrogens (tertiary/aromatic N) is 1. The van der Waals surface area contributed by atoms with Crippen molar-refractivity contribution in [1.82, 2.24) is 9.29 Å². The highest BCUT2D eigenvalue weighted by Crippen LogP contribution is 2.18. The molecule has 0 fully saturated rings. The smallest absolute Gasteiger partial charge is 0.408 e. The van der Waals surface area contributed by atoms with Gasteiger partial charge in [-0.15, -0.1) is 0 Å². The first-order valence-electron chi connectivity index (χ1n) is 7.43. The third kappa shape index (κ3) is 3.00. The molecule has 1 heterocycles. The van der Waals surface area contributed by atoms with Gasteiger partial charge in [0.15, 0.2) is 5.58 Å². The van der Waals surface area contributed by atoms with Gasteiger partial charge in [0.05, 0.1) is 10.4 Å². The fourth-order valence-electron chi connectivity index (χ4n) is 2.53. The first-order chi connectivity index (χ1) is 11.3. The summed E-state index contributed by atoms with van der Waals surface area (Å²) in [5.41, 5.74) is 3.81. The molecule has 0 saturated heterocycles. The molecule has 7 heteroatoms. The van der Waals surface area contributed by atoms with Crippen molar-refractivity contribution >= 4 is 21.1 Å². The lowest BCUT2D eigenvalue weighted by Gasteiger charge is -2.10. The Morgan fingerprint density at radius 1 is 1.12 bits per heavy atom. The normalized spacial score (nSPS) is 12.0. The fourth-order valence-corrected chi connectivity index (χ4v) is 3.55. The molecule has 3 aromatic rings. The zero-order valence-electron chi connectivity index (χ0n) is 13.7. The Morgan fingerprint density at radius 2 is 1.88 bits per heavy atom. The number of aromatic nitrogens is 1. The first kappa shape index (κ1) is 16.5. The molecule has 1 N–H and O–H groups in total. The van der Waals surface area contributed by atoms with Crippen molar-refractivity contribution in [1.29, 1.82) is 0 Å². The van der Waals surface area contributed by atoms with Gasteiger partial charge in [0.25, 0.3) is 0 Å². The van der Waals surface area contributed by atoms with Gasteiger partial charge in [-0.25, -0.2) is 17.9 Å². The molecule has 126 valence electrons. The Bertz CT molecular complexity index is 1080. The van der Waals surface area contributed by atoms with Crippen LogP contribution in [-0.4, -0.2) is 13.0 Å². The van der Waals surface area contributed by atoms with Crippen molar-refractivity contribution in [2.24, 2.45) is 7.05 Å². The third-order valence-electron chi connectivity index (χ3n) is 4.03. The lowest BCUT2D eigenvalue weighted by atomic mass is 10.1. The minimum atomic E-state index is -3.70. The van der Waals surface area contributed by atoms with Gasteiger partial charge in [0.1, 0.15) is 0 Å². The minimum absolute atomic E-state index is 0.0645. The largest absolute Gasteiger partial charge is 0.419 e. The molecule has 0 radical (unpaired) electrons. The number of rotatable bonds is 4. The van der Waals surface area contributed by atoms with E-state index < -0.39 is 15.8 Å². The van der Waals surface area contributed by atoms with E-state index in [0.29, 0.717) is 5.52 Å². The molecule has 0 aliphatic rings. The van der Waals surface area contributed by atoms with Gasteiger partial charge < -0.3 is 4.42 Å². The summed E-state index contributed by atoms with van der Waals surface area (Å²) in [6.45, 7) is 4.10. The van der Waals surface area contributed by atoms with Gasteiger partial charge in [-0.05, 0) is 37.1 Å². The Hall–Kier alpha value is -2.38. The van der Waals surface area contributed by atoms with Gasteiger partial charge >= 0.3 is 5.76 Å². The van der Waals surface area contributed by atoms with Crippen LogP contribution in [-0.2, 0) is 23.6 Å². The number of oxazole rings is 1. The van der Waals surface area contributed by atoms with Crippen LogP contribution in [0.2, 0.25) is 0 Å². The summed E-state index contributed by atoms with van der Waals surface area (Å²) in [5, 5.41) is 0. The summed E-state index contributed by atoms with van der Waals surface area (Å²) in [4.78, 5) is 11.6. The van der Waals surface area contributed by atoms with Crippen LogP contribution in [0.5, 0.6) is 0 Å². The van der Waals surface area contributed by atoms with Crippen molar-refractivity contribution in [2.75, 3.05) is 0 Å². The monoisotopic (exact) mass is 346 g/mol. The van der Waals surface area contributed by atoms with E-state index in [1.807, 2.05) is 32.0 Å². The standard InChI is InChI=1S/C17H18N2O4S/c1-11-4-5-12(2)13(8-11)10-18-24(21,22)14-6-7-15-16(9-14)23-17(20)19(15)3/h4-9,18H,10H2,1-3H3. The number of nitrogens with one attached hydrogen (secondary N) is 1. The van der Waals surface area contributed by atoms with Crippen molar-refractivity contribution < 1.29 is 12.8 Å². The summed E-state index contributed by atoms with van der Waals surface area (Å²) >= 11 is 0. The van der Waals surface area contributed by atoms with Crippen LogP contribution >= 0.6 is 0 Å². The molecular formula is C17H18N2O4S. The topological polar surface area (TPSA) is 81.3 Å². The quantitative estimate of drug-likeness (QED) is 0.785. The molecule has 1 aromatic heterocycles. The van der Waals surface area contributed by atoms with E-state index in [9.17, 15) is 13.2 Å². The molecule has 0 amide bonds. The fraction of sp³-hybridized carbons (Fsp3) is 0.235. The third-order valence-corrected chi connectivity index (χ3v) is 5.43. The Labute approximate surface area is 139 Å². The average Bonchev–Trinajstić information content (AvgIpc) is 2.82. The molecule has 0 bridgehead atoms. The maximum atomic E-state index is 12.5. The van der Waals surface area contributed by atoms with E-state index in [0.717, 1.165) is 16.7 Å². The van der Waals surface area contributed by atoms with Crippen LogP contribution in [0.1, 0.15) is 16.7 Å². The summed E-state index contributed by atoms with van der Waals surface area (Å²) in [6, 6.07) is 10.3. The van der Waals surface area contributed by atoms with E-state index in [1.165, 1.54) is 16.7 Å². The van der Waals surface area contributed by atoms with E-state index in [-0.39, 0.29) is 17.0 Å². The molecule has 0 aliphatic heterocycles. The lowest BCUT2D eigenvalue weighted by Crippen LogP contribution is -2.23. The molecule has 0 saturated carbocycles. The molecular weight excluding hydrogens is 328 g/mol. The Morgan fingerprint density at radius 3 is 2.62 bits per heavy atom. The zero-order chi connectivity index (χ0) is 17.5. The SMILES string of the molecule is Cc1ccc(C)c(CNS(=O)(=O)c2ccc3c(c2)oc(=O)n3C)c1. The predicted molar refractivity (Wildman–Crippen MR) is 91.4 cm³/mol. The maximum Gasteiger partial charge on any atom is 0.419 e. The summed E-state index contributed by atoms with van der Waals surface area (Å²) < 4.78 is 34.0. The second-order valence-electron chi connectivity index (χ2n) is 5.81. The van der Waals surface area contributed by atoms with E-state index in [1.54, 1.807) is 13.1 Å². The number of sulfonamides is 1. The number of benzene rings is 2. The highest BCUT2D eigenvalue weighted by atomic mass is 32.2. The van der Waals surface area contributed by atoms with Crippen LogP contribution in [0.4, 0.5) is 0 Å². The molecule has 24 heavy (non-hydrogen) atoms. The number of hydrogen-bond donors (Lipinski definition) is 1. The molecule has 6 nitrogen and oxygen atoms in total. The van der Waals surface area contributed by atoms with Crippen LogP contribution in [0.3, 0.4) is 0 Å². The second kappa shape index (κ2) is 5.92. The first-order valence-corrected chi connectivity index (χ1v) is 8.91. The van der Waals surface area contributed by atoms with E-state index in [4.69, 9.17) is 4.42 Å².